The summed E-state index contributed by atoms with van der Waals surface area (Å²) in [7, 11) is 1.40. The molecule has 1 spiro atoms. The molecule has 0 aromatic heterocycles. The predicted octanol–water partition coefficient (Wildman–Crippen LogP) is 4.62. The van der Waals surface area contributed by atoms with E-state index in [0.717, 1.165) is 61.7 Å². The van der Waals surface area contributed by atoms with Crippen molar-refractivity contribution in [1.82, 2.24) is 0 Å². The molecular formula is C26H30ClNO4. The Labute approximate surface area is 194 Å². The highest BCUT2D eigenvalue weighted by Gasteiger charge is 2.43. The molecule has 1 N–H and O–H groups in total. The molecule has 1 fully saturated rings. The standard InChI is InChI=1S/C26H30ClNO4/c1-31-25(30)18-6-9-24-23(12-18)28(13-19-4-5-20(19)14-29)15-26(16-32-24)10-2-3-17-11-21(27)7-8-22(17)26/h6-9,11-12,19-20,29H,2-5,10,13-16H2,1H3/t19-,20-,26?/m0/s1. The van der Waals surface area contributed by atoms with Crippen molar-refractivity contribution in [2.45, 2.75) is 37.5 Å². The zero-order chi connectivity index (χ0) is 22.3. The Kier molecular flexibility index (Phi) is 5.81. The van der Waals surface area contributed by atoms with Gasteiger partial charge >= 0.3 is 5.97 Å². The summed E-state index contributed by atoms with van der Waals surface area (Å²) in [6.07, 6.45) is 5.37. The molecule has 5 nitrogen and oxygen atoms in total. The number of ether oxygens (including phenoxy) is 2. The van der Waals surface area contributed by atoms with Crippen LogP contribution in [-0.2, 0) is 16.6 Å². The van der Waals surface area contributed by atoms with Gasteiger partial charge in [-0.1, -0.05) is 17.7 Å². The maximum Gasteiger partial charge on any atom is 0.337 e. The number of esters is 1. The number of nitrogens with zero attached hydrogens (tertiary/aromatic N) is 1. The van der Waals surface area contributed by atoms with Crippen LogP contribution in [0.3, 0.4) is 0 Å². The van der Waals surface area contributed by atoms with Crippen LogP contribution in [0, 0.1) is 11.8 Å². The summed E-state index contributed by atoms with van der Waals surface area (Å²) in [5, 5.41) is 10.5. The van der Waals surface area contributed by atoms with Crippen molar-refractivity contribution in [1.29, 1.82) is 0 Å². The fraction of sp³-hybridized carbons (Fsp3) is 0.500. The highest BCUT2D eigenvalue weighted by molar-refractivity contribution is 6.30. The number of hydrogen-bond donors (Lipinski definition) is 1. The molecule has 0 saturated heterocycles. The fourth-order valence-electron chi connectivity index (χ4n) is 5.76. The van der Waals surface area contributed by atoms with Gasteiger partial charge in [0.25, 0.3) is 0 Å². The van der Waals surface area contributed by atoms with Gasteiger partial charge in [-0.25, -0.2) is 4.79 Å². The molecule has 0 bridgehead atoms. The average Bonchev–Trinajstić information content (AvgIpc) is 2.93. The van der Waals surface area contributed by atoms with Crippen LogP contribution >= 0.6 is 11.6 Å². The second-order valence-corrected chi connectivity index (χ2v) is 10.00. The molecule has 1 unspecified atom stereocenters. The van der Waals surface area contributed by atoms with E-state index >= 15 is 0 Å². The van der Waals surface area contributed by atoms with Gasteiger partial charge in [0.15, 0.2) is 0 Å². The summed E-state index contributed by atoms with van der Waals surface area (Å²) < 4.78 is 11.4. The lowest BCUT2D eigenvalue weighted by Gasteiger charge is -2.44. The quantitative estimate of drug-likeness (QED) is 0.682. The number of benzene rings is 2. The number of fused-ring (bicyclic) bond motifs is 3. The lowest BCUT2D eigenvalue weighted by molar-refractivity contribution is 0.0600. The predicted molar refractivity (Wildman–Crippen MR) is 125 cm³/mol. The second kappa shape index (κ2) is 8.60. The van der Waals surface area contributed by atoms with E-state index in [1.807, 2.05) is 18.2 Å². The van der Waals surface area contributed by atoms with Crippen molar-refractivity contribution in [3.63, 3.8) is 0 Å². The number of carbonyl (C=O) groups is 1. The van der Waals surface area contributed by atoms with Crippen LogP contribution in [0.5, 0.6) is 5.75 Å². The molecule has 1 saturated carbocycles. The average molecular weight is 456 g/mol. The summed E-state index contributed by atoms with van der Waals surface area (Å²) in [5.41, 5.74) is 3.96. The van der Waals surface area contributed by atoms with Crippen molar-refractivity contribution in [2.24, 2.45) is 11.8 Å². The number of carbonyl (C=O) groups excluding carboxylic acids is 1. The number of aryl methyl sites for hydroxylation is 1. The van der Waals surface area contributed by atoms with E-state index in [0.29, 0.717) is 24.0 Å². The lowest BCUT2D eigenvalue weighted by atomic mass is 9.69. The van der Waals surface area contributed by atoms with Crippen molar-refractivity contribution >= 4 is 23.3 Å². The Morgan fingerprint density at radius 1 is 1.25 bits per heavy atom. The van der Waals surface area contributed by atoms with Crippen LogP contribution in [0.25, 0.3) is 0 Å². The van der Waals surface area contributed by atoms with Crippen molar-refractivity contribution < 1.29 is 19.4 Å². The van der Waals surface area contributed by atoms with Gasteiger partial charge in [-0.15, -0.1) is 0 Å². The first-order valence-corrected chi connectivity index (χ1v) is 11.9. The van der Waals surface area contributed by atoms with Crippen LogP contribution in [0.4, 0.5) is 5.69 Å². The van der Waals surface area contributed by atoms with E-state index in [9.17, 15) is 9.90 Å². The smallest absolute Gasteiger partial charge is 0.337 e. The van der Waals surface area contributed by atoms with E-state index in [-0.39, 0.29) is 18.0 Å². The molecule has 3 aliphatic rings. The third-order valence-corrected chi connectivity index (χ3v) is 7.96. The SMILES string of the molecule is COC(=O)c1ccc2c(c1)N(C[C@@H]1CC[C@H]1CO)CC1(CCCc3cc(Cl)ccc31)CO2. The highest BCUT2D eigenvalue weighted by atomic mass is 35.5. The first-order valence-electron chi connectivity index (χ1n) is 11.5. The molecule has 0 radical (unpaired) electrons. The first-order chi connectivity index (χ1) is 15.5. The molecular weight excluding hydrogens is 426 g/mol. The van der Waals surface area contributed by atoms with Gasteiger partial charge in [0.1, 0.15) is 5.75 Å². The summed E-state index contributed by atoms with van der Waals surface area (Å²) in [4.78, 5) is 14.6. The maximum absolute atomic E-state index is 12.2. The maximum atomic E-state index is 12.2. The Balaban J connectivity index is 1.56. The zero-order valence-electron chi connectivity index (χ0n) is 18.5. The Hall–Kier alpha value is -2.24. The minimum absolute atomic E-state index is 0.138. The van der Waals surface area contributed by atoms with Crippen molar-refractivity contribution in [3.8, 4) is 5.75 Å². The first kappa shape index (κ1) is 21.6. The van der Waals surface area contributed by atoms with Gasteiger partial charge in [-0.2, -0.15) is 0 Å². The highest BCUT2D eigenvalue weighted by Crippen LogP contribution is 2.46. The van der Waals surface area contributed by atoms with E-state index in [4.69, 9.17) is 21.1 Å². The minimum atomic E-state index is -0.346. The van der Waals surface area contributed by atoms with E-state index in [2.05, 4.69) is 17.0 Å². The molecule has 32 heavy (non-hydrogen) atoms. The Morgan fingerprint density at radius 3 is 2.84 bits per heavy atom. The van der Waals surface area contributed by atoms with Crippen molar-refractivity contribution in [3.05, 3.63) is 58.1 Å². The molecule has 3 atom stereocenters. The van der Waals surface area contributed by atoms with Crippen LogP contribution in [-0.4, -0.2) is 44.5 Å². The van der Waals surface area contributed by atoms with E-state index < -0.39 is 0 Å². The minimum Gasteiger partial charge on any atom is -0.490 e. The topological polar surface area (TPSA) is 59.0 Å². The molecule has 1 heterocycles. The summed E-state index contributed by atoms with van der Waals surface area (Å²) in [6.45, 7) is 2.48. The van der Waals surface area contributed by atoms with E-state index in [1.165, 1.54) is 18.2 Å². The van der Waals surface area contributed by atoms with Crippen LogP contribution in [0.15, 0.2) is 36.4 Å². The number of methoxy groups -OCH3 is 1. The summed E-state index contributed by atoms with van der Waals surface area (Å²) in [5.74, 6) is 1.25. The third-order valence-electron chi connectivity index (χ3n) is 7.72. The lowest BCUT2D eigenvalue weighted by Crippen LogP contribution is -2.48. The van der Waals surface area contributed by atoms with Gasteiger partial charge in [0, 0.05) is 30.1 Å². The molecule has 2 aromatic rings. The number of aliphatic hydroxyl groups excluding tert-OH is 1. The number of hydrogen-bond acceptors (Lipinski definition) is 5. The molecule has 0 amide bonds. The van der Waals surface area contributed by atoms with Crippen LogP contribution in [0.2, 0.25) is 5.02 Å². The third kappa shape index (κ3) is 3.75. The van der Waals surface area contributed by atoms with Crippen molar-refractivity contribution in [2.75, 3.05) is 38.3 Å². The summed E-state index contributed by atoms with van der Waals surface area (Å²) >= 11 is 6.32. The molecule has 2 aliphatic carbocycles. The van der Waals surface area contributed by atoms with Gasteiger partial charge in [-0.3, -0.25) is 0 Å². The molecule has 5 rings (SSSR count). The largest absolute Gasteiger partial charge is 0.490 e. The number of halogens is 1. The normalized spacial score (nSPS) is 26.4. The van der Waals surface area contributed by atoms with Gasteiger partial charge in [0.05, 0.1) is 25.0 Å². The van der Waals surface area contributed by atoms with Crippen LogP contribution < -0.4 is 9.64 Å². The number of anilines is 1. The Morgan fingerprint density at radius 2 is 2.09 bits per heavy atom. The monoisotopic (exact) mass is 455 g/mol. The molecule has 2 aromatic carbocycles. The van der Waals surface area contributed by atoms with Gasteiger partial charge < -0.3 is 19.5 Å². The molecule has 6 heteroatoms. The van der Waals surface area contributed by atoms with Crippen LogP contribution in [0.1, 0.15) is 47.2 Å². The number of aliphatic hydroxyl groups is 1. The van der Waals surface area contributed by atoms with E-state index in [1.54, 1.807) is 6.07 Å². The molecule has 170 valence electrons. The summed E-state index contributed by atoms with van der Waals surface area (Å²) in [6, 6.07) is 11.8. The zero-order valence-corrected chi connectivity index (χ0v) is 19.2. The molecule has 1 aliphatic heterocycles. The number of rotatable bonds is 4. The van der Waals surface area contributed by atoms with Gasteiger partial charge in [0.2, 0.25) is 0 Å². The second-order valence-electron chi connectivity index (χ2n) is 9.56. The van der Waals surface area contributed by atoms with Gasteiger partial charge in [-0.05, 0) is 85.4 Å². The Bertz CT molecular complexity index is 1020. The fourth-order valence-corrected chi connectivity index (χ4v) is 5.96.